The fourth-order valence-electron chi connectivity index (χ4n) is 0.830. The van der Waals surface area contributed by atoms with E-state index in [0.29, 0.717) is 25.5 Å². The first-order chi connectivity index (χ1) is 6.54. The number of primary sulfonamides is 1. The van der Waals surface area contributed by atoms with Gasteiger partial charge >= 0.3 is 0 Å². The summed E-state index contributed by atoms with van der Waals surface area (Å²) in [4.78, 5) is 3.69. The summed E-state index contributed by atoms with van der Waals surface area (Å²) in [7, 11) is -3.81. The van der Waals surface area contributed by atoms with E-state index >= 15 is 0 Å². The van der Waals surface area contributed by atoms with E-state index < -0.39 is 10.0 Å². The smallest absolute Gasteiger partial charge is 0.282 e. The van der Waals surface area contributed by atoms with E-state index in [1.54, 1.807) is 0 Å². The number of rotatable bonds is 5. The fourth-order valence-corrected chi connectivity index (χ4v) is 1.24. The Morgan fingerprint density at radius 2 is 2.29 bits per heavy atom. The summed E-state index contributed by atoms with van der Waals surface area (Å²) in [6, 6.07) is 0. The minimum absolute atomic E-state index is 0.385. The van der Waals surface area contributed by atoms with Gasteiger partial charge in [-0.25, -0.2) is 18.5 Å². The average Bonchev–Trinajstić information content (AvgIpc) is 2.52. The highest BCUT2D eigenvalue weighted by Crippen LogP contribution is 1.99. The van der Waals surface area contributed by atoms with Gasteiger partial charge in [0, 0.05) is 13.0 Å². The Morgan fingerprint density at radius 1 is 1.57 bits per heavy atom. The summed E-state index contributed by atoms with van der Waals surface area (Å²) in [6.07, 6.45) is 0.482. The van der Waals surface area contributed by atoms with Crippen LogP contribution in [0.2, 0.25) is 0 Å². The van der Waals surface area contributed by atoms with Crippen molar-refractivity contribution in [2.24, 2.45) is 5.14 Å². The standard InChI is InChI=1S/C6H12N4O3S/c1-2-13-4-3-5-8-6(10-9-5)14(7,11)12/h2-4H2,1H3,(H2,7,11,12)(H,8,9,10). The van der Waals surface area contributed by atoms with Crippen LogP contribution >= 0.6 is 0 Å². The van der Waals surface area contributed by atoms with Crippen LogP contribution in [0, 0.1) is 0 Å². The molecule has 80 valence electrons. The lowest BCUT2D eigenvalue weighted by Crippen LogP contribution is -2.14. The van der Waals surface area contributed by atoms with Gasteiger partial charge in [0.1, 0.15) is 5.82 Å². The quantitative estimate of drug-likeness (QED) is 0.620. The summed E-state index contributed by atoms with van der Waals surface area (Å²) in [6.45, 7) is 2.95. The number of H-pyrrole nitrogens is 1. The summed E-state index contributed by atoms with van der Waals surface area (Å²) < 4.78 is 26.6. The normalized spacial score (nSPS) is 11.9. The summed E-state index contributed by atoms with van der Waals surface area (Å²) in [5.41, 5.74) is 0. The lowest BCUT2D eigenvalue weighted by Gasteiger charge is -1.95. The summed E-state index contributed by atoms with van der Waals surface area (Å²) in [5.74, 6) is 0.447. The van der Waals surface area contributed by atoms with E-state index in [1.807, 2.05) is 6.92 Å². The van der Waals surface area contributed by atoms with Crippen molar-refractivity contribution in [3.8, 4) is 0 Å². The van der Waals surface area contributed by atoms with E-state index in [9.17, 15) is 8.42 Å². The molecular formula is C6H12N4O3S. The van der Waals surface area contributed by atoms with Gasteiger partial charge in [-0.3, -0.25) is 5.10 Å². The summed E-state index contributed by atoms with van der Waals surface area (Å²) in [5, 5.41) is 10.4. The van der Waals surface area contributed by atoms with Gasteiger partial charge < -0.3 is 4.74 Å². The SMILES string of the molecule is CCOCCc1nc(S(N)(=O)=O)n[nH]1. The molecule has 7 nitrogen and oxygen atoms in total. The van der Waals surface area contributed by atoms with Crippen LogP contribution in [0.15, 0.2) is 5.16 Å². The predicted molar refractivity (Wildman–Crippen MR) is 48.0 cm³/mol. The van der Waals surface area contributed by atoms with E-state index in [2.05, 4.69) is 15.2 Å². The zero-order valence-corrected chi connectivity index (χ0v) is 8.54. The average molecular weight is 220 g/mol. The van der Waals surface area contributed by atoms with Gasteiger partial charge in [-0.2, -0.15) is 0 Å². The number of nitrogens with two attached hydrogens (primary N) is 1. The Morgan fingerprint density at radius 3 is 2.79 bits per heavy atom. The second-order valence-corrected chi connectivity index (χ2v) is 4.01. The van der Waals surface area contributed by atoms with Crippen molar-refractivity contribution < 1.29 is 13.2 Å². The van der Waals surface area contributed by atoms with Gasteiger partial charge in [0.25, 0.3) is 15.2 Å². The van der Waals surface area contributed by atoms with Crippen LogP contribution in [-0.2, 0) is 21.2 Å². The molecule has 0 aromatic carbocycles. The van der Waals surface area contributed by atoms with Crippen LogP contribution in [0.4, 0.5) is 0 Å². The van der Waals surface area contributed by atoms with E-state index in [0.717, 1.165) is 0 Å². The molecule has 0 spiro atoms. The Kier molecular flexibility index (Phi) is 3.55. The second-order valence-electron chi connectivity index (χ2n) is 2.56. The molecule has 14 heavy (non-hydrogen) atoms. The van der Waals surface area contributed by atoms with Crippen LogP contribution in [0.5, 0.6) is 0 Å². The molecule has 1 aromatic heterocycles. The van der Waals surface area contributed by atoms with Crippen LogP contribution in [0.1, 0.15) is 12.7 Å². The number of aromatic amines is 1. The van der Waals surface area contributed by atoms with Gasteiger partial charge in [-0.05, 0) is 6.92 Å². The predicted octanol–water partition coefficient (Wildman–Crippen LogP) is -0.969. The molecule has 8 heteroatoms. The Bertz CT molecular complexity index is 386. The van der Waals surface area contributed by atoms with Gasteiger partial charge in [0.15, 0.2) is 0 Å². The number of hydrogen-bond donors (Lipinski definition) is 2. The zero-order chi connectivity index (χ0) is 10.6. The lowest BCUT2D eigenvalue weighted by atomic mass is 10.4. The molecular weight excluding hydrogens is 208 g/mol. The van der Waals surface area contributed by atoms with Crippen molar-refractivity contribution in [1.29, 1.82) is 0 Å². The van der Waals surface area contributed by atoms with Crippen molar-refractivity contribution in [2.75, 3.05) is 13.2 Å². The summed E-state index contributed by atoms with van der Waals surface area (Å²) >= 11 is 0. The van der Waals surface area contributed by atoms with E-state index in [1.165, 1.54) is 0 Å². The van der Waals surface area contributed by atoms with Crippen molar-refractivity contribution in [3.05, 3.63) is 5.82 Å². The van der Waals surface area contributed by atoms with Crippen molar-refractivity contribution in [3.63, 3.8) is 0 Å². The minimum Gasteiger partial charge on any atom is -0.381 e. The number of hydrogen-bond acceptors (Lipinski definition) is 5. The molecule has 0 saturated carbocycles. The molecule has 1 heterocycles. The fraction of sp³-hybridized carbons (Fsp3) is 0.667. The van der Waals surface area contributed by atoms with Crippen LogP contribution < -0.4 is 5.14 Å². The van der Waals surface area contributed by atoms with E-state index in [4.69, 9.17) is 9.88 Å². The minimum atomic E-state index is -3.81. The third kappa shape index (κ3) is 3.05. The molecule has 1 rings (SSSR count). The molecule has 0 saturated heterocycles. The Hall–Kier alpha value is -0.990. The number of sulfonamides is 1. The highest BCUT2D eigenvalue weighted by Gasteiger charge is 2.14. The molecule has 1 aromatic rings. The maximum absolute atomic E-state index is 10.8. The number of nitrogens with zero attached hydrogens (tertiary/aromatic N) is 2. The van der Waals surface area contributed by atoms with Crippen molar-refractivity contribution in [2.45, 2.75) is 18.5 Å². The van der Waals surface area contributed by atoms with Crippen LogP contribution in [-0.4, -0.2) is 36.8 Å². The molecule has 0 fully saturated rings. The maximum atomic E-state index is 10.8. The number of nitrogens with one attached hydrogen (secondary N) is 1. The monoisotopic (exact) mass is 220 g/mol. The maximum Gasteiger partial charge on any atom is 0.282 e. The van der Waals surface area contributed by atoms with Gasteiger partial charge in [0.05, 0.1) is 6.61 Å². The molecule has 0 bridgehead atoms. The molecule has 0 aliphatic carbocycles. The van der Waals surface area contributed by atoms with Crippen LogP contribution in [0.3, 0.4) is 0 Å². The molecule has 3 N–H and O–H groups in total. The molecule has 0 unspecified atom stereocenters. The van der Waals surface area contributed by atoms with Gasteiger partial charge in [0.2, 0.25) is 0 Å². The zero-order valence-electron chi connectivity index (χ0n) is 7.73. The topological polar surface area (TPSA) is 111 Å². The first-order valence-corrected chi connectivity index (χ1v) is 5.60. The first kappa shape index (κ1) is 11.1. The first-order valence-electron chi connectivity index (χ1n) is 4.06. The Labute approximate surface area is 81.7 Å². The largest absolute Gasteiger partial charge is 0.381 e. The van der Waals surface area contributed by atoms with Gasteiger partial charge in [-0.1, -0.05) is 0 Å². The Balaban J connectivity index is 2.60. The third-order valence-corrected chi connectivity index (χ3v) is 2.14. The molecule has 0 aliphatic rings. The van der Waals surface area contributed by atoms with Gasteiger partial charge in [-0.15, -0.1) is 5.10 Å². The molecule has 0 radical (unpaired) electrons. The lowest BCUT2D eigenvalue weighted by molar-refractivity contribution is 0.149. The second kappa shape index (κ2) is 4.49. The number of ether oxygens (including phenoxy) is 1. The molecule has 0 atom stereocenters. The molecule has 0 aliphatic heterocycles. The van der Waals surface area contributed by atoms with Crippen LogP contribution in [0.25, 0.3) is 0 Å². The highest BCUT2D eigenvalue weighted by molar-refractivity contribution is 7.89. The highest BCUT2D eigenvalue weighted by atomic mass is 32.2. The number of aromatic nitrogens is 3. The molecule has 0 amide bonds. The van der Waals surface area contributed by atoms with Crippen molar-refractivity contribution >= 4 is 10.0 Å². The van der Waals surface area contributed by atoms with E-state index in [-0.39, 0.29) is 5.16 Å². The van der Waals surface area contributed by atoms with Crippen molar-refractivity contribution in [1.82, 2.24) is 15.2 Å². The third-order valence-electron chi connectivity index (χ3n) is 1.45.